The van der Waals surface area contributed by atoms with Crippen LogP contribution in [-0.2, 0) is 26.1 Å². The Hall–Kier alpha value is -2.23. The molecule has 0 radical (unpaired) electrons. The van der Waals surface area contributed by atoms with Crippen LogP contribution in [-0.4, -0.2) is 34.5 Å². The van der Waals surface area contributed by atoms with Gasteiger partial charge in [0.1, 0.15) is 9.77 Å². The van der Waals surface area contributed by atoms with E-state index in [0.717, 1.165) is 18.4 Å². The van der Waals surface area contributed by atoms with E-state index in [-0.39, 0.29) is 21.9 Å². The third-order valence-electron chi connectivity index (χ3n) is 3.08. The molecule has 1 heterocycles. The van der Waals surface area contributed by atoms with Crippen LogP contribution in [0.4, 0.5) is 0 Å². The standard InChI is InChI=1S/C15H15NO6S2/c1-21-9-10-5-3-4-6-11(10)14(17)16-24(19,20)12-7-8-23-13(12)15(18)22-2/h3-8H,9H2,1-2H3,(H,16,17). The van der Waals surface area contributed by atoms with Crippen molar-refractivity contribution in [2.24, 2.45) is 0 Å². The third-order valence-corrected chi connectivity index (χ3v) is 5.48. The lowest BCUT2D eigenvalue weighted by Crippen LogP contribution is -2.32. The molecule has 0 fully saturated rings. The molecule has 1 aromatic carbocycles. The smallest absolute Gasteiger partial charge is 0.349 e. The maximum atomic E-state index is 12.4. The molecular formula is C15H15NO6S2. The van der Waals surface area contributed by atoms with Crippen molar-refractivity contribution in [2.75, 3.05) is 14.2 Å². The number of amides is 1. The van der Waals surface area contributed by atoms with Crippen molar-refractivity contribution in [2.45, 2.75) is 11.5 Å². The zero-order valence-corrected chi connectivity index (χ0v) is 14.6. The lowest BCUT2D eigenvalue weighted by atomic mass is 10.1. The lowest BCUT2D eigenvalue weighted by molar-refractivity contribution is 0.0602. The zero-order chi connectivity index (χ0) is 17.7. The molecule has 0 bridgehead atoms. The minimum atomic E-state index is -4.21. The summed E-state index contributed by atoms with van der Waals surface area (Å²) < 4.78 is 36.4. The maximum Gasteiger partial charge on any atom is 0.349 e. The second kappa shape index (κ2) is 7.56. The molecule has 0 spiro atoms. The van der Waals surface area contributed by atoms with Crippen LogP contribution < -0.4 is 4.72 Å². The van der Waals surface area contributed by atoms with Crippen LogP contribution in [0.15, 0.2) is 40.6 Å². The minimum absolute atomic E-state index is 0.0945. The van der Waals surface area contributed by atoms with Gasteiger partial charge in [0.25, 0.3) is 15.9 Å². The van der Waals surface area contributed by atoms with E-state index < -0.39 is 21.9 Å². The van der Waals surface area contributed by atoms with Gasteiger partial charge in [-0.05, 0) is 23.1 Å². The van der Waals surface area contributed by atoms with Crippen LogP contribution in [0.2, 0.25) is 0 Å². The number of ether oxygens (including phenoxy) is 2. The van der Waals surface area contributed by atoms with E-state index in [1.807, 2.05) is 4.72 Å². The van der Waals surface area contributed by atoms with Crippen LogP contribution in [0.1, 0.15) is 25.6 Å². The van der Waals surface area contributed by atoms with E-state index in [0.29, 0.717) is 5.56 Å². The first-order valence-corrected chi connectivity index (χ1v) is 9.06. The lowest BCUT2D eigenvalue weighted by Gasteiger charge is -2.10. The summed E-state index contributed by atoms with van der Waals surface area (Å²) in [5, 5.41) is 1.43. The SMILES string of the molecule is COCc1ccccc1C(=O)NS(=O)(=O)c1ccsc1C(=O)OC. The molecule has 0 aliphatic carbocycles. The van der Waals surface area contributed by atoms with Crippen LogP contribution in [0.3, 0.4) is 0 Å². The number of nitrogens with one attached hydrogen (secondary N) is 1. The summed E-state index contributed by atoms with van der Waals surface area (Å²) in [7, 11) is -1.59. The fraction of sp³-hybridized carbons (Fsp3) is 0.200. The summed E-state index contributed by atoms with van der Waals surface area (Å²) in [6, 6.07) is 7.73. The molecule has 7 nitrogen and oxygen atoms in total. The van der Waals surface area contributed by atoms with Gasteiger partial charge in [0.05, 0.1) is 13.7 Å². The molecule has 128 valence electrons. The summed E-state index contributed by atoms with van der Waals surface area (Å²) in [4.78, 5) is 23.6. The average molecular weight is 369 g/mol. The first kappa shape index (κ1) is 18.1. The molecule has 1 aromatic heterocycles. The van der Waals surface area contributed by atoms with Gasteiger partial charge in [-0.15, -0.1) is 11.3 Å². The molecule has 0 atom stereocenters. The molecule has 1 N–H and O–H groups in total. The van der Waals surface area contributed by atoms with E-state index in [1.165, 1.54) is 24.6 Å². The van der Waals surface area contributed by atoms with Gasteiger partial charge in [0, 0.05) is 12.7 Å². The molecule has 24 heavy (non-hydrogen) atoms. The van der Waals surface area contributed by atoms with E-state index in [2.05, 4.69) is 4.74 Å². The summed E-state index contributed by atoms with van der Waals surface area (Å²) in [5.41, 5.74) is 0.726. The van der Waals surface area contributed by atoms with Crippen molar-refractivity contribution in [1.82, 2.24) is 4.72 Å². The number of hydrogen-bond donors (Lipinski definition) is 1. The van der Waals surface area contributed by atoms with Crippen molar-refractivity contribution < 1.29 is 27.5 Å². The normalized spacial score (nSPS) is 11.1. The van der Waals surface area contributed by atoms with Crippen molar-refractivity contribution in [3.8, 4) is 0 Å². The molecule has 2 aromatic rings. The molecule has 1 amide bonds. The number of methoxy groups -OCH3 is 2. The fourth-order valence-electron chi connectivity index (χ4n) is 2.01. The van der Waals surface area contributed by atoms with Gasteiger partial charge in [-0.3, -0.25) is 4.79 Å². The van der Waals surface area contributed by atoms with Crippen molar-refractivity contribution >= 4 is 33.2 Å². The Morgan fingerprint density at radius 1 is 1.17 bits per heavy atom. The predicted octanol–water partition coefficient (Wildman–Crippen LogP) is 1.80. The Balaban J connectivity index is 2.32. The summed E-state index contributed by atoms with van der Waals surface area (Å²) in [6.45, 7) is 0.162. The van der Waals surface area contributed by atoms with E-state index >= 15 is 0 Å². The second-order valence-corrected chi connectivity index (χ2v) is 7.20. The number of esters is 1. The summed E-state index contributed by atoms with van der Waals surface area (Å²) >= 11 is 0.918. The maximum absolute atomic E-state index is 12.4. The summed E-state index contributed by atoms with van der Waals surface area (Å²) in [5.74, 6) is -1.58. The largest absolute Gasteiger partial charge is 0.465 e. The molecule has 2 rings (SSSR count). The fourth-order valence-corrected chi connectivity index (χ4v) is 4.31. The van der Waals surface area contributed by atoms with Crippen LogP contribution in [0.5, 0.6) is 0 Å². The third kappa shape index (κ3) is 3.81. The first-order chi connectivity index (χ1) is 11.4. The van der Waals surface area contributed by atoms with E-state index in [4.69, 9.17) is 4.74 Å². The van der Waals surface area contributed by atoms with Crippen molar-refractivity contribution in [1.29, 1.82) is 0 Å². The number of rotatable bonds is 6. The van der Waals surface area contributed by atoms with Crippen molar-refractivity contribution in [3.63, 3.8) is 0 Å². The van der Waals surface area contributed by atoms with Gasteiger partial charge in [0.2, 0.25) is 0 Å². The Morgan fingerprint density at radius 3 is 2.54 bits per heavy atom. The van der Waals surface area contributed by atoms with Crippen molar-refractivity contribution in [3.05, 3.63) is 51.7 Å². The topological polar surface area (TPSA) is 98.8 Å². The Bertz CT molecular complexity index is 856. The molecule has 0 saturated carbocycles. The number of carbonyl (C=O) groups is 2. The van der Waals surface area contributed by atoms with Crippen LogP contribution in [0, 0.1) is 0 Å². The predicted molar refractivity (Wildman–Crippen MR) is 87.5 cm³/mol. The molecule has 0 saturated heterocycles. The van der Waals surface area contributed by atoms with Gasteiger partial charge in [-0.1, -0.05) is 18.2 Å². The monoisotopic (exact) mass is 369 g/mol. The minimum Gasteiger partial charge on any atom is -0.465 e. The van der Waals surface area contributed by atoms with Crippen LogP contribution >= 0.6 is 11.3 Å². The van der Waals surface area contributed by atoms with Gasteiger partial charge >= 0.3 is 5.97 Å². The number of carbonyl (C=O) groups excluding carboxylic acids is 2. The highest BCUT2D eigenvalue weighted by Gasteiger charge is 2.27. The first-order valence-electron chi connectivity index (χ1n) is 6.70. The Labute approximate surface area is 143 Å². The Kier molecular flexibility index (Phi) is 5.71. The van der Waals surface area contributed by atoms with Gasteiger partial charge in [-0.25, -0.2) is 17.9 Å². The van der Waals surface area contributed by atoms with Crippen LogP contribution in [0.25, 0.3) is 0 Å². The highest BCUT2D eigenvalue weighted by molar-refractivity contribution is 7.90. The highest BCUT2D eigenvalue weighted by atomic mass is 32.2. The molecular weight excluding hydrogens is 354 g/mol. The molecule has 0 unspecified atom stereocenters. The molecule has 0 aliphatic rings. The number of benzene rings is 1. The summed E-state index contributed by atoms with van der Waals surface area (Å²) in [6.07, 6.45) is 0. The number of sulfonamides is 1. The number of thiophene rings is 1. The van der Waals surface area contributed by atoms with Gasteiger partial charge in [-0.2, -0.15) is 0 Å². The highest BCUT2D eigenvalue weighted by Crippen LogP contribution is 2.23. The van der Waals surface area contributed by atoms with Gasteiger partial charge < -0.3 is 9.47 Å². The molecule has 0 aliphatic heterocycles. The van der Waals surface area contributed by atoms with E-state index in [1.54, 1.807) is 18.2 Å². The number of hydrogen-bond acceptors (Lipinski definition) is 7. The van der Waals surface area contributed by atoms with E-state index in [9.17, 15) is 18.0 Å². The second-order valence-electron chi connectivity index (χ2n) is 4.63. The van der Waals surface area contributed by atoms with Gasteiger partial charge in [0.15, 0.2) is 0 Å². The average Bonchev–Trinajstić information content (AvgIpc) is 3.05. The molecule has 9 heteroatoms. The zero-order valence-electron chi connectivity index (χ0n) is 12.9. The quantitative estimate of drug-likeness (QED) is 0.780. The Morgan fingerprint density at radius 2 is 1.88 bits per heavy atom.